The largest absolute Gasteiger partial charge is 0.506 e. The summed E-state index contributed by atoms with van der Waals surface area (Å²) in [4.78, 5) is 3.48. The SMILES string of the molecule is O=S(=O)(Cl)c1cnc2c(Br)cc(Cl)cc2c1O. The smallest absolute Gasteiger partial charge is 0.266 e. The van der Waals surface area contributed by atoms with E-state index in [1.165, 1.54) is 6.07 Å². The Morgan fingerprint density at radius 2 is 2.00 bits per heavy atom. The van der Waals surface area contributed by atoms with Crippen molar-refractivity contribution in [2.75, 3.05) is 0 Å². The molecular formula is C9H4BrCl2NO3S. The fraction of sp³-hybridized carbons (Fsp3) is 0. The van der Waals surface area contributed by atoms with Crippen LogP contribution in [-0.2, 0) is 9.05 Å². The van der Waals surface area contributed by atoms with Gasteiger partial charge in [0.1, 0.15) is 10.6 Å². The van der Waals surface area contributed by atoms with Crippen LogP contribution in [0, 0.1) is 0 Å². The third-order valence-corrected chi connectivity index (χ3v) is 4.24. The van der Waals surface area contributed by atoms with Crippen molar-refractivity contribution in [3.63, 3.8) is 0 Å². The molecule has 0 fully saturated rings. The van der Waals surface area contributed by atoms with Crippen LogP contribution in [0.4, 0.5) is 0 Å². The van der Waals surface area contributed by atoms with Crippen LogP contribution < -0.4 is 0 Å². The molecule has 1 aromatic carbocycles. The monoisotopic (exact) mass is 355 g/mol. The Morgan fingerprint density at radius 3 is 2.59 bits per heavy atom. The van der Waals surface area contributed by atoms with Crippen molar-refractivity contribution in [2.24, 2.45) is 0 Å². The fourth-order valence-electron chi connectivity index (χ4n) is 1.37. The summed E-state index contributed by atoms with van der Waals surface area (Å²) in [6.45, 7) is 0. The maximum absolute atomic E-state index is 11.2. The van der Waals surface area contributed by atoms with Gasteiger partial charge in [-0.3, -0.25) is 4.98 Å². The van der Waals surface area contributed by atoms with Crippen molar-refractivity contribution in [3.8, 4) is 5.75 Å². The van der Waals surface area contributed by atoms with Gasteiger partial charge in [-0.25, -0.2) is 8.42 Å². The van der Waals surface area contributed by atoms with E-state index in [-0.39, 0.29) is 5.39 Å². The summed E-state index contributed by atoms with van der Waals surface area (Å²) in [7, 11) is 1.12. The van der Waals surface area contributed by atoms with E-state index >= 15 is 0 Å². The van der Waals surface area contributed by atoms with E-state index < -0.39 is 19.7 Å². The highest BCUT2D eigenvalue weighted by molar-refractivity contribution is 9.10. The molecule has 2 aromatic rings. The number of halogens is 3. The number of rotatable bonds is 1. The third-order valence-electron chi connectivity index (χ3n) is 2.09. The lowest BCUT2D eigenvalue weighted by Crippen LogP contribution is -1.94. The van der Waals surface area contributed by atoms with Crippen LogP contribution in [0.25, 0.3) is 10.9 Å². The molecule has 0 atom stereocenters. The molecule has 1 N–H and O–H groups in total. The summed E-state index contributed by atoms with van der Waals surface area (Å²) >= 11 is 9.03. The summed E-state index contributed by atoms with van der Waals surface area (Å²) in [5.74, 6) is -0.465. The first kappa shape index (κ1) is 12.9. The fourth-order valence-corrected chi connectivity index (χ4v) is 3.14. The van der Waals surface area contributed by atoms with E-state index in [0.717, 1.165) is 6.20 Å². The summed E-state index contributed by atoms with van der Waals surface area (Å²) in [6, 6.07) is 3.00. The summed E-state index contributed by atoms with van der Waals surface area (Å²) in [6.07, 6.45) is 0.999. The summed E-state index contributed by atoms with van der Waals surface area (Å²) in [5.41, 5.74) is 0.399. The number of pyridine rings is 1. The minimum atomic E-state index is -4.05. The van der Waals surface area contributed by atoms with Crippen LogP contribution in [0.2, 0.25) is 5.02 Å². The number of nitrogens with zero attached hydrogens (tertiary/aromatic N) is 1. The van der Waals surface area contributed by atoms with Crippen molar-refractivity contribution in [1.82, 2.24) is 4.98 Å². The molecule has 0 amide bonds. The molecule has 0 radical (unpaired) electrons. The predicted molar refractivity (Wildman–Crippen MR) is 69.2 cm³/mol. The predicted octanol–water partition coefficient (Wildman–Crippen LogP) is 3.28. The maximum Gasteiger partial charge on any atom is 0.266 e. The molecule has 17 heavy (non-hydrogen) atoms. The van der Waals surface area contributed by atoms with Crippen molar-refractivity contribution in [1.29, 1.82) is 0 Å². The minimum Gasteiger partial charge on any atom is -0.506 e. The zero-order valence-corrected chi connectivity index (χ0v) is 11.9. The average Bonchev–Trinajstić information content (AvgIpc) is 2.17. The third kappa shape index (κ3) is 2.35. The van der Waals surface area contributed by atoms with E-state index in [1.54, 1.807) is 6.07 Å². The van der Waals surface area contributed by atoms with Crippen LogP contribution in [0.15, 0.2) is 27.7 Å². The first-order valence-electron chi connectivity index (χ1n) is 4.22. The molecule has 0 unspecified atom stereocenters. The number of fused-ring (bicyclic) bond motifs is 1. The maximum atomic E-state index is 11.2. The van der Waals surface area contributed by atoms with Gasteiger partial charge in [0.25, 0.3) is 9.05 Å². The molecule has 0 saturated carbocycles. The number of benzene rings is 1. The number of hydrogen-bond acceptors (Lipinski definition) is 4. The van der Waals surface area contributed by atoms with Crippen LogP contribution in [-0.4, -0.2) is 18.5 Å². The molecule has 8 heteroatoms. The average molecular weight is 357 g/mol. The number of aromatic nitrogens is 1. The molecule has 0 aliphatic rings. The van der Waals surface area contributed by atoms with Crippen LogP contribution in [0.1, 0.15) is 0 Å². The molecule has 0 aliphatic heterocycles. The second-order valence-corrected chi connectivity index (χ2v) is 7.02. The second kappa shape index (κ2) is 4.28. The Hall–Kier alpha value is -0.560. The first-order chi connectivity index (χ1) is 7.80. The van der Waals surface area contributed by atoms with Gasteiger partial charge in [-0.05, 0) is 28.1 Å². The standard InChI is InChI=1S/C9H4BrCl2NO3S/c10-6-2-4(11)1-5-8(6)13-3-7(9(5)14)17(12,15)16/h1-3H,(H,13,14). The lowest BCUT2D eigenvalue weighted by molar-refractivity contribution is 0.465. The van der Waals surface area contributed by atoms with Crippen LogP contribution in [0.3, 0.4) is 0 Å². The van der Waals surface area contributed by atoms with E-state index in [9.17, 15) is 13.5 Å². The highest BCUT2D eigenvalue weighted by atomic mass is 79.9. The molecule has 0 saturated heterocycles. The van der Waals surface area contributed by atoms with E-state index in [0.29, 0.717) is 15.0 Å². The normalized spacial score (nSPS) is 11.9. The highest BCUT2D eigenvalue weighted by Crippen LogP contribution is 2.36. The zero-order valence-electron chi connectivity index (χ0n) is 7.99. The molecule has 0 aliphatic carbocycles. The van der Waals surface area contributed by atoms with Crippen molar-refractivity contribution < 1.29 is 13.5 Å². The van der Waals surface area contributed by atoms with Gasteiger partial charge in [0.15, 0.2) is 0 Å². The molecule has 0 spiro atoms. The molecule has 0 bridgehead atoms. The Kier molecular flexibility index (Phi) is 3.24. The van der Waals surface area contributed by atoms with Gasteiger partial charge in [0.2, 0.25) is 0 Å². The molecule has 4 nitrogen and oxygen atoms in total. The zero-order chi connectivity index (χ0) is 12.8. The van der Waals surface area contributed by atoms with E-state index in [1.807, 2.05) is 0 Å². The van der Waals surface area contributed by atoms with Crippen molar-refractivity contribution in [2.45, 2.75) is 4.90 Å². The lowest BCUT2D eigenvalue weighted by atomic mass is 10.2. The highest BCUT2D eigenvalue weighted by Gasteiger charge is 2.19. The summed E-state index contributed by atoms with van der Waals surface area (Å²) < 4.78 is 22.9. The van der Waals surface area contributed by atoms with Gasteiger partial charge in [-0.1, -0.05) is 11.6 Å². The quantitative estimate of drug-likeness (QED) is 0.796. The first-order valence-corrected chi connectivity index (χ1v) is 7.70. The number of aromatic hydroxyl groups is 1. The molecule has 90 valence electrons. The Morgan fingerprint density at radius 1 is 1.35 bits per heavy atom. The van der Waals surface area contributed by atoms with Gasteiger partial charge >= 0.3 is 0 Å². The van der Waals surface area contributed by atoms with Gasteiger partial charge in [0, 0.05) is 25.6 Å². The Balaban J connectivity index is 2.94. The minimum absolute atomic E-state index is 0.214. The van der Waals surface area contributed by atoms with Crippen molar-refractivity contribution in [3.05, 3.63) is 27.8 Å². The Bertz CT molecular complexity index is 718. The number of hydrogen-bond donors (Lipinski definition) is 1. The van der Waals surface area contributed by atoms with E-state index in [4.69, 9.17) is 22.3 Å². The molecule has 1 aromatic heterocycles. The molecule has 1 heterocycles. The molecular weight excluding hydrogens is 353 g/mol. The topological polar surface area (TPSA) is 67.3 Å². The lowest BCUT2D eigenvalue weighted by Gasteiger charge is -2.06. The Labute approximate surface area is 115 Å². The van der Waals surface area contributed by atoms with Crippen LogP contribution >= 0.6 is 38.2 Å². The second-order valence-electron chi connectivity index (χ2n) is 3.19. The van der Waals surface area contributed by atoms with Crippen LogP contribution in [0.5, 0.6) is 5.75 Å². The van der Waals surface area contributed by atoms with Gasteiger partial charge < -0.3 is 5.11 Å². The van der Waals surface area contributed by atoms with Gasteiger partial charge in [-0.15, -0.1) is 0 Å². The summed E-state index contributed by atoms with van der Waals surface area (Å²) in [5, 5.41) is 10.4. The van der Waals surface area contributed by atoms with Crippen molar-refractivity contribution >= 4 is 58.2 Å². The van der Waals surface area contributed by atoms with E-state index in [2.05, 4.69) is 20.9 Å². The molecule has 2 rings (SSSR count). The van der Waals surface area contributed by atoms with Gasteiger partial charge in [-0.2, -0.15) is 0 Å². The van der Waals surface area contributed by atoms with Gasteiger partial charge in [0.05, 0.1) is 11.7 Å².